The summed E-state index contributed by atoms with van der Waals surface area (Å²) >= 11 is 0. The zero-order valence-corrected chi connectivity index (χ0v) is 12.1. The zero-order valence-electron chi connectivity index (χ0n) is 12.1. The Morgan fingerprint density at radius 2 is 2.25 bits per heavy atom. The van der Waals surface area contributed by atoms with Gasteiger partial charge in [0.25, 0.3) is 5.91 Å². The molecule has 5 heteroatoms. The van der Waals surface area contributed by atoms with Gasteiger partial charge in [-0.1, -0.05) is 13.0 Å². The lowest BCUT2D eigenvalue weighted by Gasteiger charge is -2.37. The summed E-state index contributed by atoms with van der Waals surface area (Å²) in [6.07, 6.45) is 1.88. The molecular formula is C15H19N3O2. The van der Waals surface area contributed by atoms with Gasteiger partial charge < -0.3 is 10.1 Å². The van der Waals surface area contributed by atoms with E-state index < -0.39 is 0 Å². The molecule has 0 bridgehead atoms. The molecule has 20 heavy (non-hydrogen) atoms. The van der Waals surface area contributed by atoms with Crippen molar-refractivity contribution < 1.29 is 9.53 Å². The van der Waals surface area contributed by atoms with Crippen LogP contribution in [0.25, 0.3) is 5.65 Å². The van der Waals surface area contributed by atoms with Crippen LogP contribution in [-0.4, -0.2) is 35.1 Å². The van der Waals surface area contributed by atoms with Gasteiger partial charge in [0.2, 0.25) is 0 Å². The van der Waals surface area contributed by atoms with Gasteiger partial charge in [0, 0.05) is 18.2 Å². The van der Waals surface area contributed by atoms with Crippen molar-refractivity contribution in [2.24, 2.45) is 5.41 Å². The maximum Gasteiger partial charge on any atom is 0.270 e. The smallest absolute Gasteiger partial charge is 0.270 e. The molecule has 3 rings (SSSR count). The first-order chi connectivity index (χ1) is 9.50. The van der Waals surface area contributed by atoms with Crippen molar-refractivity contribution in [3.05, 3.63) is 35.3 Å². The molecule has 1 N–H and O–H groups in total. The molecule has 1 amide bonds. The SMILES string of the molecule is Cc1nc2c(C)cccn2c1C(=O)NCC1(C)COC1. The number of amides is 1. The van der Waals surface area contributed by atoms with Crippen molar-refractivity contribution >= 4 is 11.6 Å². The average Bonchev–Trinajstić information content (AvgIpc) is 2.72. The number of nitrogens with zero attached hydrogens (tertiary/aromatic N) is 2. The Morgan fingerprint density at radius 1 is 1.50 bits per heavy atom. The Balaban J connectivity index is 1.87. The molecule has 3 heterocycles. The number of imidazole rings is 1. The van der Waals surface area contributed by atoms with Crippen LogP contribution in [0.4, 0.5) is 0 Å². The van der Waals surface area contributed by atoms with Gasteiger partial charge in [0.05, 0.1) is 18.9 Å². The van der Waals surface area contributed by atoms with E-state index in [0.717, 1.165) is 16.9 Å². The van der Waals surface area contributed by atoms with Crippen molar-refractivity contribution in [2.45, 2.75) is 20.8 Å². The molecule has 0 saturated carbocycles. The fourth-order valence-electron chi connectivity index (χ4n) is 2.52. The molecule has 5 nitrogen and oxygen atoms in total. The van der Waals surface area contributed by atoms with Crippen molar-refractivity contribution in [1.82, 2.24) is 14.7 Å². The molecule has 2 aromatic rings. The number of aryl methyl sites for hydroxylation is 2. The van der Waals surface area contributed by atoms with Crippen LogP contribution in [-0.2, 0) is 4.74 Å². The number of carbonyl (C=O) groups excluding carboxylic acids is 1. The monoisotopic (exact) mass is 273 g/mol. The highest BCUT2D eigenvalue weighted by Gasteiger charge is 2.34. The third-order valence-electron chi connectivity index (χ3n) is 3.81. The van der Waals surface area contributed by atoms with E-state index in [1.165, 1.54) is 0 Å². The van der Waals surface area contributed by atoms with Crippen molar-refractivity contribution in [2.75, 3.05) is 19.8 Å². The first-order valence-electron chi connectivity index (χ1n) is 6.80. The normalized spacial score (nSPS) is 16.9. The van der Waals surface area contributed by atoms with Crippen LogP contribution in [0.2, 0.25) is 0 Å². The Bertz CT molecular complexity index is 671. The van der Waals surface area contributed by atoms with E-state index in [4.69, 9.17) is 4.74 Å². The fraction of sp³-hybridized carbons (Fsp3) is 0.467. The quantitative estimate of drug-likeness (QED) is 0.926. The Labute approximate surface area is 118 Å². The summed E-state index contributed by atoms with van der Waals surface area (Å²) in [4.78, 5) is 16.9. The van der Waals surface area contributed by atoms with Crippen molar-refractivity contribution in [3.8, 4) is 0 Å². The highest BCUT2D eigenvalue weighted by molar-refractivity contribution is 5.94. The topological polar surface area (TPSA) is 55.6 Å². The number of hydrogen-bond acceptors (Lipinski definition) is 3. The number of rotatable bonds is 3. The molecule has 1 fully saturated rings. The summed E-state index contributed by atoms with van der Waals surface area (Å²) in [6, 6.07) is 3.93. The molecule has 0 aliphatic carbocycles. The van der Waals surface area contributed by atoms with Gasteiger partial charge in [0.15, 0.2) is 0 Å². The minimum absolute atomic E-state index is 0.0694. The number of fused-ring (bicyclic) bond motifs is 1. The van der Waals surface area contributed by atoms with Gasteiger partial charge in [-0.05, 0) is 25.5 Å². The maximum absolute atomic E-state index is 12.4. The van der Waals surface area contributed by atoms with Crippen LogP contribution in [0.3, 0.4) is 0 Å². The summed E-state index contributed by atoms with van der Waals surface area (Å²) in [6.45, 7) is 8.02. The van der Waals surface area contributed by atoms with E-state index in [1.54, 1.807) is 0 Å². The number of ether oxygens (including phenoxy) is 1. The van der Waals surface area contributed by atoms with Crippen molar-refractivity contribution in [3.63, 3.8) is 0 Å². The molecule has 1 saturated heterocycles. The second-order valence-electron chi connectivity index (χ2n) is 5.92. The highest BCUT2D eigenvalue weighted by Crippen LogP contribution is 2.25. The third-order valence-corrected chi connectivity index (χ3v) is 3.81. The van der Waals surface area contributed by atoms with Crippen LogP contribution < -0.4 is 5.32 Å². The van der Waals surface area contributed by atoms with E-state index in [2.05, 4.69) is 17.2 Å². The van der Waals surface area contributed by atoms with Crippen LogP contribution in [0, 0.1) is 19.3 Å². The van der Waals surface area contributed by atoms with Gasteiger partial charge in [-0.2, -0.15) is 0 Å². The summed E-state index contributed by atoms with van der Waals surface area (Å²) in [5.74, 6) is -0.0753. The van der Waals surface area contributed by atoms with Gasteiger partial charge in [-0.3, -0.25) is 9.20 Å². The van der Waals surface area contributed by atoms with E-state index in [1.807, 2.05) is 36.6 Å². The Morgan fingerprint density at radius 3 is 2.90 bits per heavy atom. The molecule has 2 aromatic heterocycles. The van der Waals surface area contributed by atoms with Crippen LogP contribution in [0.1, 0.15) is 28.7 Å². The van der Waals surface area contributed by atoms with Crippen LogP contribution in [0.15, 0.2) is 18.3 Å². The van der Waals surface area contributed by atoms with Gasteiger partial charge in [-0.25, -0.2) is 4.98 Å². The standard InChI is InChI=1S/C15H19N3O2/c1-10-5-4-6-18-12(11(2)17-13(10)18)14(19)16-7-15(3)8-20-9-15/h4-6H,7-9H2,1-3H3,(H,16,19). The fourth-order valence-corrected chi connectivity index (χ4v) is 2.52. The van der Waals surface area contributed by atoms with E-state index >= 15 is 0 Å². The molecule has 0 aromatic carbocycles. The first-order valence-corrected chi connectivity index (χ1v) is 6.80. The number of pyridine rings is 1. The van der Waals surface area contributed by atoms with Crippen LogP contribution >= 0.6 is 0 Å². The molecule has 0 unspecified atom stereocenters. The van der Waals surface area contributed by atoms with E-state index in [0.29, 0.717) is 25.5 Å². The molecule has 1 aliphatic heterocycles. The summed E-state index contributed by atoms with van der Waals surface area (Å²) in [7, 11) is 0. The Kier molecular flexibility index (Phi) is 3.01. The van der Waals surface area contributed by atoms with E-state index in [-0.39, 0.29) is 11.3 Å². The minimum Gasteiger partial charge on any atom is -0.380 e. The molecule has 1 aliphatic rings. The second-order valence-corrected chi connectivity index (χ2v) is 5.92. The highest BCUT2D eigenvalue weighted by atomic mass is 16.5. The van der Waals surface area contributed by atoms with Gasteiger partial charge >= 0.3 is 0 Å². The predicted octanol–water partition coefficient (Wildman–Crippen LogP) is 1.72. The molecule has 106 valence electrons. The number of nitrogens with one attached hydrogen (secondary N) is 1. The minimum atomic E-state index is -0.0753. The predicted molar refractivity (Wildman–Crippen MR) is 75.9 cm³/mol. The lowest BCUT2D eigenvalue weighted by atomic mass is 9.89. The lowest BCUT2D eigenvalue weighted by molar-refractivity contribution is -0.0978. The second kappa shape index (κ2) is 4.59. The largest absolute Gasteiger partial charge is 0.380 e. The molecular weight excluding hydrogens is 254 g/mol. The zero-order chi connectivity index (χ0) is 14.3. The summed E-state index contributed by atoms with van der Waals surface area (Å²) < 4.78 is 7.06. The first kappa shape index (κ1) is 13.1. The summed E-state index contributed by atoms with van der Waals surface area (Å²) in [5.41, 5.74) is 3.35. The lowest BCUT2D eigenvalue weighted by Crippen LogP contribution is -2.48. The molecule has 0 spiro atoms. The van der Waals surface area contributed by atoms with Gasteiger partial charge in [-0.15, -0.1) is 0 Å². The third kappa shape index (κ3) is 2.08. The summed E-state index contributed by atoms with van der Waals surface area (Å²) in [5, 5.41) is 3.00. The number of aromatic nitrogens is 2. The number of carbonyl (C=O) groups is 1. The Hall–Kier alpha value is -1.88. The molecule has 0 radical (unpaired) electrons. The van der Waals surface area contributed by atoms with E-state index in [9.17, 15) is 4.79 Å². The van der Waals surface area contributed by atoms with Crippen molar-refractivity contribution in [1.29, 1.82) is 0 Å². The number of hydrogen-bond donors (Lipinski definition) is 1. The van der Waals surface area contributed by atoms with Crippen LogP contribution in [0.5, 0.6) is 0 Å². The maximum atomic E-state index is 12.4. The van der Waals surface area contributed by atoms with Gasteiger partial charge in [0.1, 0.15) is 11.3 Å². The average molecular weight is 273 g/mol. The molecule has 0 atom stereocenters.